The molecule has 1 aliphatic carbocycles. The van der Waals surface area contributed by atoms with Gasteiger partial charge in [-0.1, -0.05) is 6.92 Å². The van der Waals surface area contributed by atoms with Gasteiger partial charge in [0.1, 0.15) is 5.78 Å². The molecular weight excluding hydrogens is 192 g/mol. The second kappa shape index (κ2) is 5.08. The van der Waals surface area contributed by atoms with Crippen LogP contribution in [-0.2, 0) is 14.3 Å². The first-order valence-electron chi connectivity index (χ1n) is 5.99. The maximum atomic E-state index is 11.4. The molecule has 3 nitrogen and oxygen atoms in total. The fourth-order valence-corrected chi connectivity index (χ4v) is 2.70. The van der Waals surface area contributed by atoms with Gasteiger partial charge in [-0.25, -0.2) is 0 Å². The molecule has 0 aromatic carbocycles. The summed E-state index contributed by atoms with van der Waals surface area (Å²) >= 11 is 0. The van der Waals surface area contributed by atoms with E-state index in [1.54, 1.807) is 0 Å². The number of hydrogen-bond donors (Lipinski definition) is 0. The van der Waals surface area contributed by atoms with E-state index < -0.39 is 0 Å². The minimum Gasteiger partial charge on any atom is -0.350 e. The second-order valence-electron chi connectivity index (χ2n) is 4.90. The molecule has 1 aliphatic heterocycles. The van der Waals surface area contributed by atoms with Crippen molar-refractivity contribution in [3.8, 4) is 0 Å². The highest BCUT2D eigenvalue weighted by Crippen LogP contribution is 2.30. The van der Waals surface area contributed by atoms with Gasteiger partial charge in [0.05, 0.1) is 13.2 Å². The summed E-state index contributed by atoms with van der Waals surface area (Å²) < 4.78 is 10.8. The van der Waals surface area contributed by atoms with E-state index in [0.29, 0.717) is 17.6 Å². The number of carbonyl (C=O) groups excluding carboxylic acids is 1. The lowest BCUT2D eigenvalue weighted by Crippen LogP contribution is -2.22. The van der Waals surface area contributed by atoms with Gasteiger partial charge >= 0.3 is 0 Å². The maximum Gasteiger partial charge on any atom is 0.157 e. The molecule has 86 valence electrons. The Morgan fingerprint density at radius 2 is 1.93 bits per heavy atom. The predicted molar refractivity (Wildman–Crippen MR) is 56.4 cm³/mol. The smallest absolute Gasteiger partial charge is 0.157 e. The van der Waals surface area contributed by atoms with Gasteiger partial charge in [-0.3, -0.25) is 4.79 Å². The molecule has 1 heterocycles. The van der Waals surface area contributed by atoms with Crippen LogP contribution in [0, 0.1) is 11.8 Å². The maximum absolute atomic E-state index is 11.4. The van der Waals surface area contributed by atoms with Crippen molar-refractivity contribution in [3.63, 3.8) is 0 Å². The number of Topliss-reactive ketones (excluding diaryl/α,β-unsaturated/α-hetero) is 1. The van der Waals surface area contributed by atoms with Crippen molar-refractivity contribution >= 4 is 5.78 Å². The predicted octanol–water partition coefficient (Wildman–Crippen LogP) is 2.14. The molecular formula is C12H20O3. The van der Waals surface area contributed by atoms with Crippen molar-refractivity contribution in [2.75, 3.05) is 13.2 Å². The van der Waals surface area contributed by atoms with E-state index in [0.717, 1.165) is 38.9 Å². The molecule has 0 radical (unpaired) electrons. The molecule has 2 atom stereocenters. The van der Waals surface area contributed by atoms with E-state index in [9.17, 15) is 4.79 Å². The standard InChI is InChI=1S/C12H20O3/c1-9-6-10(8-11(13)7-9)2-3-12-14-4-5-15-12/h9-10,12H,2-8H2,1H3/t9-,10+/m1/s1. The monoisotopic (exact) mass is 212 g/mol. The molecule has 15 heavy (non-hydrogen) atoms. The Hall–Kier alpha value is -0.410. The highest BCUT2D eigenvalue weighted by molar-refractivity contribution is 5.79. The molecule has 0 bridgehead atoms. The van der Waals surface area contributed by atoms with Crippen molar-refractivity contribution in [1.82, 2.24) is 0 Å². The van der Waals surface area contributed by atoms with Gasteiger partial charge in [-0.05, 0) is 31.1 Å². The topological polar surface area (TPSA) is 35.5 Å². The van der Waals surface area contributed by atoms with E-state index in [-0.39, 0.29) is 6.29 Å². The first kappa shape index (κ1) is 11.1. The third-order valence-corrected chi connectivity index (χ3v) is 3.33. The molecule has 0 aromatic rings. The summed E-state index contributed by atoms with van der Waals surface area (Å²) in [5, 5.41) is 0. The zero-order chi connectivity index (χ0) is 10.7. The highest BCUT2D eigenvalue weighted by Gasteiger charge is 2.26. The van der Waals surface area contributed by atoms with Crippen LogP contribution in [0.25, 0.3) is 0 Å². The summed E-state index contributed by atoms with van der Waals surface area (Å²) in [6, 6.07) is 0. The van der Waals surface area contributed by atoms with Crippen LogP contribution in [0.15, 0.2) is 0 Å². The fraction of sp³-hybridized carbons (Fsp3) is 0.917. The number of carbonyl (C=O) groups is 1. The van der Waals surface area contributed by atoms with Gasteiger partial charge in [0.15, 0.2) is 6.29 Å². The van der Waals surface area contributed by atoms with Crippen LogP contribution in [0.5, 0.6) is 0 Å². The Morgan fingerprint density at radius 3 is 2.60 bits per heavy atom. The van der Waals surface area contributed by atoms with Gasteiger partial charge in [0.25, 0.3) is 0 Å². The van der Waals surface area contributed by atoms with Crippen molar-refractivity contribution in [1.29, 1.82) is 0 Å². The van der Waals surface area contributed by atoms with Crippen LogP contribution in [0.3, 0.4) is 0 Å². The van der Waals surface area contributed by atoms with Crippen LogP contribution < -0.4 is 0 Å². The minimum absolute atomic E-state index is 0.00247. The molecule has 0 unspecified atom stereocenters. The Balaban J connectivity index is 1.71. The molecule has 0 amide bonds. The largest absolute Gasteiger partial charge is 0.350 e. The number of hydrogen-bond acceptors (Lipinski definition) is 3. The summed E-state index contributed by atoms with van der Waals surface area (Å²) in [7, 11) is 0. The fourth-order valence-electron chi connectivity index (χ4n) is 2.70. The van der Waals surface area contributed by atoms with Gasteiger partial charge in [0, 0.05) is 12.8 Å². The lowest BCUT2D eigenvalue weighted by atomic mass is 9.79. The second-order valence-corrected chi connectivity index (χ2v) is 4.90. The Kier molecular flexibility index (Phi) is 3.76. The van der Waals surface area contributed by atoms with Gasteiger partial charge in [-0.2, -0.15) is 0 Å². The molecule has 2 aliphatic rings. The molecule has 0 spiro atoms. The van der Waals surface area contributed by atoms with Gasteiger partial charge in [-0.15, -0.1) is 0 Å². The van der Waals surface area contributed by atoms with Crippen LogP contribution >= 0.6 is 0 Å². The van der Waals surface area contributed by atoms with E-state index in [4.69, 9.17) is 9.47 Å². The average molecular weight is 212 g/mol. The molecule has 1 saturated heterocycles. The molecule has 2 fully saturated rings. The summed E-state index contributed by atoms with van der Waals surface area (Å²) in [5.41, 5.74) is 0. The van der Waals surface area contributed by atoms with Crippen LogP contribution in [0.4, 0.5) is 0 Å². The summed E-state index contributed by atoms with van der Waals surface area (Å²) in [6.07, 6.45) is 4.77. The van der Waals surface area contributed by atoms with E-state index in [1.165, 1.54) is 6.42 Å². The lowest BCUT2D eigenvalue weighted by Gasteiger charge is -2.26. The number of ether oxygens (including phenoxy) is 2. The normalized spacial score (nSPS) is 33.5. The SMILES string of the molecule is C[C@H]1CC(=O)C[C@@H](CCC2OCCO2)C1. The number of rotatable bonds is 3. The van der Waals surface area contributed by atoms with Crippen LogP contribution in [0.1, 0.15) is 39.0 Å². The Labute approximate surface area is 91.1 Å². The van der Waals surface area contributed by atoms with Crippen molar-refractivity contribution in [3.05, 3.63) is 0 Å². The average Bonchev–Trinajstić information content (AvgIpc) is 2.65. The first-order valence-corrected chi connectivity index (χ1v) is 5.99. The van der Waals surface area contributed by atoms with Crippen molar-refractivity contribution < 1.29 is 14.3 Å². The molecule has 3 heteroatoms. The van der Waals surface area contributed by atoms with E-state index in [2.05, 4.69) is 6.92 Å². The van der Waals surface area contributed by atoms with Crippen LogP contribution in [0.2, 0.25) is 0 Å². The lowest BCUT2D eigenvalue weighted by molar-refractivity contribution is -0.123. The molecule has 1 saturated carbocycles. The summed E-state index contributed by atoms with van der Waals surface area (Å²) in [5.74, 6) is 1.57. The molecule has 0 N–H and O–H groups in total. The zero-order valence-electron chi connectivity index (χ0n) is 9.41. The number of ketones is 1. The van der Waals surface area contributed by atoms with Gasteiger partial charge < -0.3 is 9.47 Å². The Bertz CT molecular complexity index is 221. The minimum atomic E-state index is -0.00247. The zero-order valence-corrected chi connectivity index (χ0v) is 9.41. The van der Waals surface area contributed by atoms with E-state index >= 15 is 0 Å². The van der Waals surface area contributed by atoms with Gasteiger partial charge in [0.2, 0.25) is 0 Å². The third kappa shape index (κ3) is 3.28. The Morgan fingerprint density at radius 1 is 1.20 bits per heavy atom. The van der Waals surface area contributed by atoms with Crippen molar-refractivity contribution in [2.45, 2.75) is 45.3 Å². The van der Waals surface area contributed by atoms with Crippen molar-refractivity contribution in [2.24, 2.45) is 11.8 Å². The summed E-state index contributed by atoms with van der Waals surface area (Å²) in [4.78, 5) is 11.4. The van der Waals surface area contributed by atoms with Crippen LogP contribution in [-0.4, -0.2) is 25.3 Å². The quantitative estimate of drug-likeness (QED) is 0.719. The summed E-state index contributed by atoms with van der Waals surface area (Å²) in [6.45, 7) is 3.63. The third-order valence-electron chi connectivity index (χ3n) is 3.33. The highest BCUT2D eigenvalue weighted by atomic mass is 16.7. The first-order chi connectivity index (χ1) is 7.24. The van der Waals surface area contributed by atoms with E-state index in [1.807, 2.05) is 0 Å². The molecule has 2 rings (SSSR count). The molecule has 0 aromatic heterocycles.